The summed E-state index contributed by atoms with van der Waals surface area (Å²) < 4.78 is 26.8. The zero-order chi connectivity index (χ0) is 14.8. The van der Waals surface area contributed by atoms with Crippen molar-refractivity contribution in [3.8, 4) is 11.4 Å². The van der Waals surface area contributed by atoms with Crippen LogP contribution >= 0.6 is 0 Å². The first kappa shape index (κ1) is 13.7. The van der Waals surface area contributed by atoms with Crippen molar-refractivity contribution in [2.45, 2.75) is 0 Å². The number of hydrogen-bond donors (Lipinski definition) is 0. The summed E-state index contributed by atoms with van der Waals surface area (Å²) >= 11 is 0. The summed E-state index contributed by atoms with van der Waals surface area (Å²) in [6, 6.07) is 14.2. The van der Waals surface area contributed by atoms with Gasteiger partial charge in [-0.1, -0.05) is 45.5 Å². The maximum atomic E-state index is 12.5. The van der Waals surface area contributed by atoms with Gasteiger partial charge in [-0.3, -0.25) is 0 Å². The topological polar surface area (TPSA) is 36.3 Å². The maximum Gasteiger partial charge on any atom is 0.568 e. The third-order valence-corrected chi connectivity index (χ3v) is 3.40. The van der Waals surface area contributed by atoms with E-state index in [9.17, 15) is 9.05 Å². The standard InChI is InChI=1S/C14H11BF2N2O2/c1-19-13-9-5-4-8-12(13)18-14(19)10-6-2-3-7-11(10)15(20-16)21-17/h2-9H,1H3. The Morgan fingerprint density at radius 2 is 1.67 bits per heavy atom. The van der Waals surface area contributed by atoms with Crippen LogP contribution in [0.25, 0.3) is 22.4 Å². The Kier molecular flexibility index (Phi) is 3.68. The van der Waals surface area contributed by atoms with Gasteiger partial charge in [0.05, 0.1) is 11.0 Å². The molecular weight excluding hydrogens is 277 g/mol. The summed E-state index contributed by atoms with van der Waals surface area (Å²) in [5.41, 5.74) is 2.47. The number of rotatable bonds is 4. The van der Waals surface area contributed by atoms with Gasteiger partial charge in [-0.05, 0) is 17.6 Å². The van der Waals surface area contributed by atoms with E-state index in [2.05, 4.69) is 14.7 Å². The number of halogens is 2. The van der Waals surface area contributed by atoms with E-state index in [1.165, 1.54) is 6.07 Å². The molecule has 0 fully saturated rings. The molecule has 0 saturated heterocycles. The highest BCUT2D eigenvalue weighted by molar-refractivity contribution is 6.62. The number of benzene rings is 2. The highest BCUT2D eigenvalue weighted by atomic mass is 19.3. The molecular formula is C14H11BF2N2O2. The van der Waals surface area contributed by atoms with E-state index in [-0.39, 0.29) is 5.46 Å². The van der Waals surface area contributed by atoms with Gasteiger partial charge in [0.25, 0.3) is 0 Å². The van der Waals surface area contributed by atoms with Crippen molar-refractivity contribution in [1.29, 1.82) is 0 Å². The lowest BCUT2D eigenvalue weighted by molar-refractivity contribution is -0.100. The predicted octanol–water partition coefficient (Wildman–Crippen LogP) is 2.74. The molecule has 0 atom stereocenters. The fraction of sp³-hybridized carbons (Fsp3) is 0.0714. The number of aryl methyl sites for hydroxylation is 1. The molecule has 0 aliphatic carbocycles. The Hall–Kier alpha value is -2.25. The van der Waals surface area contributed by atoms with Gasteiger partial charge in [0.1, 0.15) is 5.82 Å². The molecule has 0 unspecified atom stereocenters. The molecule has 0 radical (unpaired) electrons. The van der Waals surface area contributed by atoms with E-state index in [1.807, 2.05) is 35.9 Å². The third-order valence-electron chi connectivity index (χ3n) is 3.40. The zero-order valence-electron chi connectivity index (χ0n) is 11.2. The molecule has 0 aliphatic rings. The average molecular weight is 288 g/mol. The molecule has 2 aromatic carbocycles. The summed E-state index contributed by atoms with van der Waals surface area (Å²) in [5.74, 6) is 0.575. The molecule has 1 aromatic heterocycles. The molecule has 21 heavy (non-hydrogen) atoms. The predicted molar refractivity (Wildman–Crippen MR) is 75.9 cm³/mol. The molecule has 3 aromatic rings. The molecule has 0 bridgehead atoms. The van der Waals surface area contributed by atoms with E-state index >= 15 is 0 Å². The van der Waals surface area contributed by atoms with Crippen LogP contribution < -0.4 is 5.46 Å². The number of nitrogens with zero attached hydrogens (tertiary/aromatic N) is 2. The monoisotopic (exact) mass is 288 g/mol. The van der Waals surface area contributed by atoms with Gasteiger partial charge in [-0.15, -0.1) is 0 Å². The molecule has 0 spiro atoms. The lowest BCUT2D eigenvalue weighted by atomic mass is 9.76. The Morgan fingerprint density at radius 1 is 1.00 bits per heavy atom. The maximum absolute atomic E-state index is 12.5. The number of fused-ring (bicyclic) bond motifs is 1. The summed E-state index contributed by atoms with van der Waals surface area (Å²) in [6.45, 7) is 0. The van der Waals surface area contributed by atoms with Crippen molar-refractivity contribution < 1.29 is 18.8 Å². The van der Waals surface area contributed by atoms with Crippen molar-refractivity contribution in [1.82, 2.24) is 9.55 Å². The molecule has 4 nitrogen and oxygen atoms in total. The van der Waals surface area contributed by atoms with Gasteiger partial charge < -0.3 is 4.57 Å². The van der Waals surface area contributed by atoms with Crippen LogP contribution in [-0.2, 0) is 16.8 Å². The summed E-state index contributed by atoms with van der Waals surface area (Å²) in [6.07, 6.45) is 0. The van der Waals surface area contributed by atoms with Crippen molar-refractivity contribution in [2.24, 2.45) is 7.05 Å². The number of imidazole rings is 1. The SMILES string of the molecule is Cn1c(-c2ccccc2B(OF)OF)nc2ccccc21. The Labute approximate surface area is 119 Å². The van der Waals surface area contributed by atoms with Crippen LogP contribution in [0.5, 0.6) is 0 Å². The molecule has 7 heteroatoms. The van der Waals surface area contributed by atoms with Gasteiger partial charge >= 0.3 is 7.12 Å². The van der Waals surface area contributed by atoms with Gasteiger partial charge in [0.15, 0.2) is 0 Å². The Morgan fingerprint density at radius 3 is 2.38 bits per heavy atom. The van der Waals surface area contributed by atoms with E-state index in [1.54, 1.807) is 18.2 Å². The second-order valence-corrected chi connectivity index (χ2v) is 4.58. The quantitative estimate of drug-likeness (QED) is 0.693. The molecule has 106 valence electrons. The minimum absolute atomic E-state index is 0.223. The summed E-state index contributed by atoms with van der Waals surface area (Å²) in [7, 11) is 0.101. The van der Waals surface area contributed by atoms with Crippen LogP contribution in [0.4, 0.5) is 9.05 Å². The number of hydrogen-bond acceptors (Lipinski definition) is 3. The molecule has 0 saturated carbocycles. The van der Waals surface area contributed by atoms with Crippen molar-refractivity contribution in [3.05, 3.63) is 48.5 Å². The second-order valence-electron chi connectivity index (χ2n) is 4.58. The minimum Gasteiger partial charge on any atom is -0.327 e. The largest absolute Gasteiger partial charge is 0.568 e. The van der Waals surface area contributed by atoms with Crippen molar-refractivity contribution >= 4 is 23.6 Å². The highest BCUT2D eigenvalue weighted by Crippen LogP contribution is 2.22. The van der Waals surface area contributed by atoms with Crippen molar-refractivity contribution in [2.75, 3.05) is 0 Å². The zero-order valence-corrected chi connectivity index (χ0v) is 11.2. The Bertz CT molecular complexity index is 775. The van der Waals surface area contributed by atoms with Crippen LogP contribution in [0.1, 0.15) is 0 Å². The lowest BCUT2D eigenvalue weighted by Gasteiger charge is -2.10. The van der Waals surface area contributed by atoms with Crippen LogP contribution in [0, 0.1) is 0 Å². The van der Waals surface area contributed by atoms with Gasteiger partial charge in [-0.25, -0.2) is 14.7 Å². The van der Waals surface area contributed by atoms with Gasteiger partial charge in [0.2, 0.25) is 0 Å². The van der Waals surface area contributed by atoms with E-state index < -0.39 is 7.12 Å². The van der Waals surface area contributed by atoms with Gasteiger partial charge in [-0.2, -0.15) is 0 Å². The second kappa shape index (κ2) is 5.63. The molecule has 0 aliphatic heterocycles. The van der Waals surface area contributed by atoms with Crippen molar-refractivity contribution in [3.63, 3.8) is 0 Å². The van der Waals surface area contributed by atoms with Crippen LogP contribution in [0.15, 0.2) is 48.5 Å². The van der Waals surface area contributed by atoms with E-state index in [4.69, 9.17) is 0 Å². The number of para-hydroxylation sites is 2. The van der Waals surface area contributed by atoms with Gasteiger partial charge in [0, 0.05) is 12.6 Å². The summed E-state index contributed by atoms with van der Waals surface area (Å²) in [4.78, 5) is 11.6. The first-order valence-electron chi connectivity index (χ1n) is 6.32. The fourth-order valence-electron chi connectivity index (χ4n) is 2.40. The normalized spacial score (nSPS) is 11.0. The first-order chi connectivity index (χ1) is 10.3. The Balaban J connectivity index is 2.21. The molecule has 1 heterocycles. The lowest BCUT2D eigenvalue weighted by Crippen LogP contribution is -2.34. The smallest absolute Gasteiger partial charge is 0.327 e. The van der Waals surface area contributed by atoms with Crippen LogP contribution in [0.3, 0.4) is 0 Å². The number of aromatic nitrogens is 2. The average Bonchev–Trinajstić information content (AvgIpc) is 2.87. The van der Waals surface area contributed by atoms with E-state index in [0.29, 0.717) is 11.4 Å². The molecule has 0 N–H and O–H groups in total. The van der Waals surface area contributed by atoms with Crippen LogP contribution in [0.2, 0.25) is 0 Å². The molecule has 0 amide bonds. The summed E-state index contributed by atoms with van der Waals surface area (Å²) in [5, 5.41) is 0. The molecule has 3 rings (SSSR count). The fourth-order valence-corrected chi connectivity index (χ4v) is 2.40. The van der Waals surface area contributed by atoms with Crippen LogP contribution in [-0.4, -0.2) is 16.7 Å². The third kappa shape index (κ3) is 2.30. The highest BCUT2D eigenvalue weighted by Gasteiger charge is 2.29. The van der Waals surface area contributed by atoms with E-state index in [0.717, 1.165) is 11.0 Å². The minimum atomic E-state index is -1.74. The first-order valence-corrected chi connectivity index (χ1v) is 6.32.